The molecule has 0 spiro atoms. The van der Waals surface area contributed by atoms with Gasteiger partial charge >= 0.3 is 0 Å². The highest BCUT2D eigenvalue weighted by Gasteiger charge is 2.47. The Balaban J connectivity index is 0.811. The number of aliphatic hydroxyl groups excluding tert-OH is 12. The van der Waals surface area contributed by atoms with Crippen molar-refractivity contribution in [3.63, 3.8) is 0 Å². The van der Waals surface area contributed by atoms with Crippen molar-refractivity contribution in [2.24, 2.45) is 0 Å². The molecule has 600 valence electrons. The molecule has 0 unspecified atom stereocenters. The Hall–Kier alpha value is -9.89. The zero-order valence-electron chi connectivity index (χ0n) is 61.3. The largest absolute Gasteiger partial charge is 0.394 e. The summed E-state index contributed by atoms with van der Waals surface area (Å²) >= 11 is 0. The molecule has 32 nitrogen and oxygen atoms in total. The summed E-state index contributed by atoms with van der Waals surface area (Å²) in [6.07, 6.45) is -17.7. The van der Waals surface area contributed by atoms with Gasteiger partial charge in [0.1, 0.15) is 73.2 Å². The van der Waals surface area contributed by atoms with E-state index < -0.39 is 154 Å². The maximum absolute atomic E-state index is 14.6. The summed E-state index contributed by atoms with van der Waals surface area (Å²) in [5, 5.41) is 136. The second kappa shape index (κ2) is 38.3. The lowest BCUT2D eigenvalue weighted by Crippen LogP contribution is -2.59. The third-order valence-electron chi connectivity index (χ3n) is 20.3. The number of carbonyl (C=O) groups excluding carboxylic acids is 5. The number of fused-ring (bicyclic) bond motifs is 8. The fourth-order valence-electron chi connectivity index (χ4n) is 14.2. The number of nitrogens with one attached hydrogen (secondary N) is 7. The zero-order chi connectivity index (χ0) is 79.9. The number of aromatic amines is 2. The highest BCUT2D eigenvalue weighted by molar-refractivity contribution is 6.01. The van der Waals surface area contributed by atoms with Crippen LogP contribution in [0.3, 0.4) is 0 Å². The van der Waals surface area contributed by atoms with Crippen LogP contribution < -0.4 is 26.6 Å². The number of hydrogen-bond donors (Lipinski definition) is 19. The van der Waals surface area contributed by atoms with Crippen LogP contribution in [0.25, 0.3) is 90.9 Å². The van der Waals surface area contributed by atoms with Crippen LogP contribution >= 0.6 is 0 Å². The minimum atomic E-state index is -1.74. The first-order chi connectivity index (χ1) is 54.6. The van der Waals surface area contributed by atoms with E-state index in [1.165, 1.54) is 0 Å². The number of ether oxygens (including phenoxy) is 6. The van der Waals surface area contributed by atoms with E-state index in [0.717, 1.165) is 61.3 Å². The second-order valence-electron chi connectivity index (χ2n) is 27.9. The van der Waals surface area contributed by atoms with Crippen LogP contribution in [0.5, 0.6) is 0 Å². The molecular formula is C81H93N9O23. The lowest BCUT2D eigenvalue weighted by atomic mass is 9.83. The van der Waals surface area contributed by atoms with Gasteiger partial charge in [-0.05, 0) is 102 Å². The predicted molar refractivity (Wildman–Crippen MR) is 410 cm³/mol. The van der Waals surface area contributed by atoms with Gasteiger partial charge in [-0.25, -0.2) is 9.97 Å². The summed E-state index contributed by atoms with van der Waals surface area (Å²) in [4.78, 5) is 88.7. The highest BCUT2D eigenvalue weighted by atomic mass is 16.7. The molecule has 4 aromatic carbocycles. The fourth-order valence-corrected chi connectivity index (χ4v) is 14.2. The van der Waals surface area contributed by atoms with Gasteiger partial charge in [0.05, 0.1) is 69.0 Å². The van der Waals surface area contributed by atoms with Crippen LogP contribution in [0.4, 0.5) is 0 Å². The van der Waals surface area contributed by atoms with Crippen molar-refractivity contribution in [1.29, 1.82) is 0 Å². The molecule has 0 radical (unpaired) electrons. The molecule has 12 rings (SSSR count). The monoisotopic (exact) mass is 1560 g/mol. The normalized spacial score (nSPS) is 24.2. The van der Waals surface area contributed by atoms with Gasteiger partial charge in [0, 0.05) is 94.3 Å². The van der Waals surface area contributed by atoms with E-state index in [2.05, 4.69) is 54.8 Å². The number of rotatable bonds is 32. The SMILES string of the molecule is O=C(CCC(CCC(=O)NCCO[C@@H]1O[C@H](CO)[C@@H](O)[C@H](O)[C@H]1O)(CCC(=O)NCCO[C@@H]1O[C@H](CO)[C@@H](O)[C@H](O)[C@H]1O)NC(=O)CNC(=O)c1ccc(-c2c3nc(c(-c4ccccc4)c4ccc([nH]4)c(-c4ccccc4)c4nc(c(-c5ccccc5)c5ccc2[nH]5)C=C4)C=C3)cc1)NCCO[C@@H]1O[C@H](CO)[C@@H](O)[C@H](O)[C@H]1O. The molecule has 7 aromatic rings. The van der Waals surface area contributed by atoms with Gasteiger partial charge in [0.15, 0.2) is 18.9 Å². The first kappa shape index (κ1) is 82.6. The van der Waals surface area contributed by atoms with Gasteiger partial charge in [-0.2, -0.15) is 0 Å². The van der Waals surface area contributed by atoms with E-state index >= 15 is 0 Å². The van der Waals surface area contributed by atoms with Crippen LogP contribution in [0.2, 0.25) is 0 Å². The predicted octanol–water partition coefficient (Wildman–Crippen LogP) is 1.05. The number of H-pyrrole nitrogens is 2. The Bertz CT molecular complexity index is 4480. The molecule has 32 heteroatoms. The smallest absolute Gasteiger partial charge is 0.251 e. The van der Waals surface area contributed by atoms with Crippen LogP contribution in [-0.4, -0.2) is 274 Å². The molecule has 0 saturated carbocycles. The first-order valence-electron chi connectivity index (χ1n) is 37.2. The molecule has 0 aliphatic carbocycles. The number of benzene rings is 4. The lowest BCUT2D eigenvalue weighted by Gasteiger charge is -2.39. The Morgan fingerprint density at radius 3 is 0.973 bits per heavy atom. The van der Waals surface area contributed by atoms with Crippen molar-refractivity contribution in [1.82, 2.24) is 46.5 Å². The Morgan fingerprint density at radius 2 is 0.673 bits per heavy atom. The van der Waals surface area contributed by atoms with E-state index in [1.807, 2.05) is 121 Å². The number of carbonyl (C=O) groups is 5. The van der Waals surface area contributed by atoms with Crippen molar-refractivity contribution in [3.8, 4) is 44.5 Å². The molecule has 8 bridgehead atoms. The van der Waals surface area contributed by atoms with E-state index in [4.69, 9.17) is 38.4 Å². The molecule has 19 N–H and O–H groups in total. The van der Waals surface area contributed by atoms with E-state index in [0.29, 0.717) is 28.0 Å². The molecule has 113 heavy (non-hydrogen) atoms. The average molecular weight is 1560 g/mol. The zero-order valence-corrected chi connectivity index (χ0v) is 61.3. The summed E-state index contributed by atoms with van der Waals surface area (Å²) in [7, 11) is 0. The summed E-state index contributed by atoms with van der Waals surface area (Å²) in [5.74, 6) is -3.41. The maximum Gasteiger partial charge on any atom is 0.251 e. The molecule has 5 amide bonds. The third-order valence-corrected chi connectivity index (χ3v) is 20.3. The quantitative estimate of drug-likeness (QED) is 0.0262. The van der Waals surface area contributed by atoms with Gasteiger partial charge in [-0.15, -0.1) is 0 Å². The Labute approximate surface area is 647 Å². The van der Waals surface area contributed by atoms with Crippen molar-refractivity contribution in [2.45, 2.75) is 136 Å². The van der Waals surface area contributed by atoms with Crippen LogP contribution in [0, 0.1) is 0 Å². The molecule has 15 atom stereocenters. The summed E-state index contributed by atoms with van der Waals surface area (Å²) in [6.45, 7) is -4.44. The van der Waals surface area contributed by atoms with Crippen LogP contribution in [0.15, 0.2) is 140 Å². The van der Waals surface area contributed by atoms with Crippen LogP contribution in [0.1, 0.15) is 71.7 Å². The number of amides is 5. The number of hydrogen-bond acceptors (Lipinski definition) is 25. The lowest BCUT2D eigenvalue weighted by molar-refractivity contribution is -0.300. The van der Waals surface area contributed by atoms with E-state index in [-0.39, 0.29) is 83.5 Å². The maximum atomic E-state index is 14.6. The summed E-state index contributed by atoms with van der Waals surface area (Å²) in [6, 6.07) is 44.8. The van der Waals surface area contributed by atoms with Crippen molar-refractivity contribution in [2.75, 3.05) is 65.8 Å². The topological polar surface area (TPSA) is 501 Å². The molecule has 3 aromatic heterocycles. The minimum absolute atomic E-state index is 0.142. The van der Waals surface area contributed by atoms with Crippen molar-refractivity contribution < 1.29 is 114 Å². The van der Waals surface area contributed by atoms with Crippen LogP contribution in [-0.2, 0) is 47.6 Å². The van der Waals surface area contributed by atoms with Gasteiger partial charge in [-0.1, -0.05) is 103 Å². The Morgan fingerprint density at radius 1 is 0.372 bits per heavy atom. The van der Waals surface area contributed by atoms with Gasteiger partial charge in [0.25, 0.3) is 5.91 Å². The number of nitrogens with zero attached hydrogens (tertiary/aromatic N) is 2. The fraction of sp³-hybridized carbons (Fsp3) is 0.395. The molecule has 5 aliphatic heterocycles. The highest BCUT2D eigenvalue weighted by Crippen LogP contribution is 2.39. The number of aliphatic hydroxyl groups is 12. The number of aromatic nitrogens is 4. The van der Waals surface area contributed by atoms with E-state index in [1.54, 1.807) is 24.3 Å². The standard InChI is InChI=1S/C81H93N9O23/c91-41-57-68(98)71(101)74(104)78(111-57)108-37-34-82-60(94)28-31-81(32-29-61(95)83-35-38-109-79-75(105)72(102)69(99)58(42-92)112-79,33-30-62(96)84-36-39-110-80-76(106)73(103)70(100)59(43-93)113-80)90-63(97)40-85-77(107)48-18-16-47(17-19-48)67-55-26-24-53(88-55)65(45-12-6-2-7-13-45)51-22-20-49(86-51)64(44-10-4-1-5-11-44)50-21-23-52(87-50)66(46-14-8-3-9-15-46)54-25-27-56(67)89-54/h1-27,57-59,68-76,78-80,86,89,91-93,98-106H,28-43H2,(H,82,94)(H,83,95)(H,84,96)(H,85,107)(H,90,97)/t57-,58-,59-,68-,69-,70-,71+,72+,73+,74-,75-,76-,78-,79-,80-/m1/s1. The van der Waals surface area contributed by atoms with Gasteiger partial charge in [0.2, 0.25) is 23.6 Å². The van der Waals surface area contributed by atoms with Crippen molar-refractivity contribution in [3.05, 3.63) is 168 Å². The van der Waals surface area contributed by atoms with Gasteiger partial charge < -0.3 is 126 Å². The second-order valence-corrected chi connectivity index (χ2v) is 27.9. The van der Waals surface area contributed by atoms with Gasteiger partial charge in [-0.3, -0.25) is 24.0 Å². The Kier molecular flexibility index (Phi) is 28.0. The summed E-state index contributed by atoms with van der Waals surface area (Å²) < 4.78 is 32.9. The average Bonchev–Trinajstić information content (AvgIpc) is 1.60. The van der Waals surface area contributed by atoms with E-state index in [9.17, 15) is 85.3 Å². The first-order valence-corrected chi connectivity index (χ1v) is 37.2. The van der Waals surface area contributed by atoms with Crippen molar-refractivity contribution >= 4 is 75.9 Å². The molecule has 3 saturated heterocycles. The third kappa shape index (κ3) is 19.8. The minimum Gasteiger partial charge on any atom is -0.394 e. The molecular weight excluding hydrogens is 1470 g/mol. The molecule has 8 heterocycles. The molecule has 5 aliphatic rings. The summed E-state index contributed by atoms with van der Waals surface area (Å²) in [5.41, 5.74) is 11.0. The molecule has 3 fully saturated rings.